The topological polar surface area (TPSA) is 51.2 Å². The largest absolute Gasteiger partial charge is 0.490 e. The predicted octanol–water partition coefficient (Wildman–Crippen LogP) is 4.77. The summed E-state index contributed by atoms with van der Waals surface area (Å²) in [7, 11) is 0. The summed E-state index contributed by atoms with van der Waals surface area (Å²) in [4.78, 5) is 16.0. The highest BCUT2D eigenvalue weighted by atomic mass is 19.4. The lowest BCUT2D eigenvalue weighted by Crippen LogP contribution is -2.18. The van der Waals surface area contributed by atoms with Crippen LogP contribution in [0.3, 0.4) is 0 Å². The number of nitrogens with one attached hydrogen (secondary N) is 1. The third-order valence-electron chi connectivity index (χ3n) is 3.15. The zero-order valence-electron chi connectivity index (χ0n) is 13.2. The van der Waals surface area contributed by atoms with Gasteiger partial charge in [-0.1, -0.05) is 0 Å². The third kappa shape index (κ3) is 4.64. The average Bonchev–Trinajstić information content (AvgIpc) is 2.55. The van der Waals surface area contributed by atoms with Crippen LogP contribution in [0.15, 0.2) is 36.5 Å². The van der Waals surface area contributed by atoms with Gasteiger partial charge in [0.15, 0.2) is 11.6 Å². The second-order valence-electron chi connectivity index (χ2n) is 5.03. The summed E-state index contributed by atoms with van der Waals surface area (Å²) in [6.07, 6.45) is -8.80. The number of nitrogens with zero attached hydrogens (tertiary/aromatic N) is 1. The molecule has 1 heterocycles. The van der Waals surface area contributed by atoms with E-state index in [-0.39, 0.29) is 24.2 Å². The van der Waals surface area contributed by atoms with Crippen molar-refractivity contribution in [3.63, 3.8) is 0 Å². The number of carbonyl (C=O) groups excluding carboxylic acids is 1. The number of pyridine rings is 1. The van der Waals surface area contributed by atoms with Crippen LogP contribution in [0.2, 0.25) is 0 Å². The van der Waals surface area contributed by atoms with Crippen LogP contribution in [0.4, 0.5) is 32.2 Å². The van der Waals surface area contributed by atoms with Gasteiger partial charge in [-0.05, 0) is 37.3 Å². The Bertz CT molecular complexity index is 770. The maximum absolute atomic E-state index is 12.9. The highest BCUT2D eigenvalue weighted by Gasteiger charge is 2.37. The summed E-state index contributed by atoms with van der Waals surface area (Å²) in [6, 6.07) is 3.57. The maximum Gasteiger partial charge on any atom is 0.416 e. The van der Waals surface area contributed by atoms with E-state index in [4.69, 9.17) is 4.74 Å². The minimum atomic E-state index is -5.04. The zero-order valence-corrected chi connectivity index (χ0v) is 13.2. The maximum atomic E-state index is 12.9. The van der Waals surface area contributed by atoms with Gasteiger partial charge < -0.3 is 10.1 Å². The van der Waals surface area contributed by atoms with Crippen molar-refractivity contribution in [3.8, 4) is 5.75 Å². The molecule has 0 spiro atoms. The molecular weight excluding hydrogens is 366 g/mol. The van der Waals surface area contributed by atoms with E-state index in [1.54, 1.807) is 6.92 Å². The molecule has 0 bridgehead atoms. The van der Waals surface area contributed by atoms with E-state index in [9.17, 15) is 31.1 Å². The molecule has 2 rings (SSSR count). The smallest absolute Gasteiger partial charge is 0.416 e. The first-order chi connectivity index (χ1) is 12.0. The molecule has 2 aromatic rings. The molecule has 4 nitrogen and oxygen atoms in total. The molecule has 0 aliphatic rings. The van der Waals surface area contributed by atoms with E-state index in [0.717, 1.165) is 0 Å². The number of ether oxygens (including phenoxy) is 1. The SMILES string of the molecule is CCOc1cccnc1NC(=O)c1cc(C(F)(F)F)cc(C(F)(F)F)c1. The number of rotatable bonds is 4. The van der Waals surface area contributed by atoms with Crippen LogP contribution in [0.25, 0.3) is 0 Å². The standard InChI is InChI=1S/C16H12F6N2O2/c1-2-26-12-4-3-5-23-13(12)24-14(25)9-6-10(15(17,18)19)8-11(7-9)16(20,21)22/h3-8H,2H2,1H3,(H,23,24,25). The van der Waals surface area contributed by atoms with Crippen LogP contribution in [0.5, 0.6) is 5.75 Å². The van der Waals surface area contributed by atoms with Gasteiger partial charge in [-0.15, -0.1) is 0 Å². The number of alkyl halides is 6. The van der Waals surface area contributed by atoms with Crippen LogP contribution in [-0.4, -0.2) is 17.5 Å². The van der Waals surface area contributed by atoms with Crippen LogP contribution in [-0.2, 0) is 12.4 Å². The molecular formula is C16H12F6N2O2. The summed E-state index contributed by atoms with van der Waals surface area (Å²) >= 11 is 0. The summed E-state index contributed by atoms with van der Waals surface area (Å²) in [6.45, 7) is 1.87. The minimum Gasteiger partial charge on any atom is -0.490 e. The molecule has 1 amide bonds. The van der Waals surface area contributed by atoms with Gasteiger partial charge in [0.2, 0.25) is 0 Å². The van der Waals surface area contributed by atoms with Gasteiger partial charge in [0, 0.05) is 11.8 Å². The molecule has 140 valence electrons. The van der Waals surface area contributed by atoms with E-state index in [0.29, 0.717) is 12.1 Å². The van der Waals surface area contributed by atoms with Crippen molar-refractivity contribution in [3.05, 3.63) is 53.2 Å². The first-order valence-corrected chi connectivity index (χ1v) is 7.21. The Hall–Kier alpha value is -2.78. The quantitative estimate of drug-likeness (QED) is 0.780. The highest BCUT2D eigenvalue weighted by Crippen LogP contribution is 2.36. The Morgan fingerprint density at radius 2 is 1.65 bits per heavy atom. The van der Waals surface area contributed by atoms with Crippen LogP contribution < -0.4 is 10.1 Å². The lowest BCUT2D eigenvalue weighted by molar-refractivity contribution is -0.143. The van der Waals surface area contributed by atoms with Crippen LogP contribution in [0.1, 0.15) is 28.4 Å². The number of amides is 1. The van der Waals surface area contributed by atoms with Crippen molar-refractivity contribution >= 4 is 11.7 Å². The fourth-order valence-electron chi connectivity index (χ4n) is 2.02. The van der Waals surface area contributed by atoms with Gasteiger partial charge in [0.1, 0.15) is 0 Å². The summed E-state index contributed by atoms with van der Waals surface area (Å²) in [5, 5.41) is 2.16. The third-order valence-corrected chi connectivity index (χ3v) is 3.15. The summed E-state index contributed by atoms with van der Waals surface area (Å²) in [5.41, 5.74) is -3.97. The number of aromatic nitrogens is 1. The molecule has 1 N–H and O–H groups in total. The Morgan fingerprint density at radius 3 is 2.15 bits per heavy atom. The number of benzene rings is 1. The first kappa shape index (κ1) is 19.5. The van der Waals surface area contributed by atoms with Crippen molar-refractivity contribution in [2.24, 2.45) is 0 Å². The lowest BCUT2D eigenvalue weighted by atomic mass is 10.0. The molecule has 0 aliphatic carbocycles. The highest BCUT2D eigenvalue weighted by molar-refractivity contribution is 6.04. The van der Waals surface area contributed by atoms with Crippen molar-refractivity contribution < 1.29 is 35.9 Å². The van der Waals surface area contributed by atoms with Gasteiger partial charge >= 0.3 is 12.4 Å². The molecule has 1 aromatic heterocycles. The normalized spacial score (nSPS) is 12.0. The van der Waals surface area contributed by atoms with Gasteiger partial charge in [-0.2, -0.15) is 26.3 Å². The Balaban J connectivity index is 2.43. The Kier molecular flexibility index (Phi) is 5.43. The summed E-state index contributed by atoms with van der Waals surface area (Å²) < 4.78 is 82.3. The zero-order chi connectivity index (χ0) is 19.5. The van der Waals surface area contributed by atoms with Crippen molar-refractivity contribution in [1.82, 2.24) is 4.98 Å². The number of hydrogen-bond acceptors (Lipinski definition) is 3. The van der Waals surface area contributed by atoms with E-state index >= 15 is 0 Å². The first-order valence-electron chi connectivity index (χ1n) is 7.21. The minimum absolute atomic E-state index is 0.0524. The fourth-order valence-corrected chi connectivity index (χ4v) is 2.02. The molecule has 0 aliphatic heterocycles. The molecule has 10 heteroatoms. The Labute approximate surface area is 143 Å². The van der Waals surface area contributed by atoms with Crippen molar-refractivity contribution in [2.75, 3.05) is 11.9 Å². The molecule has 0 saturated carbocycles. The van der Waals surface area contributed by atoms with Crippen LogP contribution >= 0.6 is 0 Å². The van der Waals surface area contributed by atoms with Crippen molar-refractivity contribution in [1.29, 1.82) is 0 Å². The van der Waals surface area contributed by atoms with Gasteiger partial charge in [-0.25, -0.2) is 4.98 Å². The number of hydrogen-bond donors (Lipinski definition) is 1. The predicted molar refractivity (Wildman–Crippen MR) is 79.8 cm³/mol. The summed E-state index contributed by atoms with van der Waals surface area (Å²) in [5.74, 6) is -1.17. The number of carbonyl (C=O) groups is 1. The second-order valence-corrected chi connectivity index (χ2v) is 5.03. The molecule has 0 atom stereocenters. The fraction of sp³-hybridized carbons (Fsp3) is 0.250. The molecule has 26 heavy (non-hydrogen) atoms. The molecule has 0 saturated heterocycles. The lowest BCUT2D eigenvalue weighted by Gasteiger charge is -2.14. The molecule has 0 unspecified atom stereocenters. The second kappa shape index (κ2) is 7.22. The van der Waals surface area contributed by atoms with Gasteiger partial charge in [-0.3, -0.25) is 4.79 Å². The van der Waals surface area contributed by atoms with E-state index in [2.05, 4.69) is 10.3 Å². The monoisotopic (exact) mass is 378 g/mol. The molecule has 1 aromatic carbocycles. The van der Waals surface area contributed by atoms with Crippen LogP contribution in [0, 0.1) is 0 Å². The van der Waals surface area contributed by atoms with E-state index in [1.807, 2.05) is 0 Å². The van der Waals surface area contributed by atoms with Gasteiger partial charge in [0.25, 0.3) is 5.91 Å². The molecule has 0 radical (unpaired) electrons. The van der Waals surface area contributed by atoms with Gasteiger partial charge in [0.05, 0.1) is 17.7 Å². The Morgan fingerprint density at radius 1 is 1.08 bits per heavy atom. The number of anilines is 1. The average molecular weight is 378 g/mol. The number of halogens is 6. The van der Waals surface area contributed by atoms with E-state index in [1.165, 1.54) is 18.3 Å². The van der Waals surface area contributed by atoms with E-state index < -0.39 is 35.0 Å². The van der Waals surface area contributed by atoms with Crippen molar-refractivity contribution in [2.45, 2.75) is 19.3 Å². The molecule has 0 fully saturated rings.